The highest BCUT2D eigenvalue weighted by Crippen LogP contribution is 2.22. The van der Waals surface area contributed by atoms with Crippen LogP contribution in [0.1, 0.15) is 5.69 Å². The van der Waals surface area contributed by atoms with Crippen LogP contribution in [-0.4, -0.2) is 27.4 Å². The van der Waals surface area contributed by atoms with Crippen LogP contribution in [0, 0.1) is 0 Å². The third-order valence-corrected chi connectivity index (χ3v) is 4.13. The fraction of sp³-hybridized carbons (Fsp3) is 0. The molecule has 7 nitrogen and oxygen atoms in total. The van der Waals surface area contributed by atoms with Crippen molar-refractivity contribution in [2.45, 2.75) is 0 Å². The molecule has 1 aliphatic heterocycles. The maximum absolute atomic E-state index is 12.9. The van der Waals surface area contributed by atoms with E-state index in [2.05, 4.69) is 10.3 Å². The van der Waals surface area contributed by atoms with E-state index >= 15 is 0 Å². The summed E-state index contributed by atoms with van der Waals surface area (Å²) in [4.78, 5) is 42.1. The quantitative estimate of drug-likeness (QED) is 0.576. The van der Waals surface area contributed by atoms with Gasteiger partial charge in [0.05, 0.1) is 5.69 Å². The first-order chi connectivity index (χ1) is 13.1. The maximum Gasteiger partial charge on any atom is 0.335 e. The van der Waals surface area contributed by atoms with Gasteiger partial charge in [0.1, 0.15) is 5.57 Å². The number of carbonyl (C=O) groups excluding carboxylic acids is 3. The van der Waals surface area contributed by atoms with E-state index < -0.39 is 17.8 Å². The lowest BCUT2D eigenvalue weighted by Crippen LogP contribution is -2.54. The SMILES string of the molecule is O=C1NC(=O)N(c2ccncc2)C(=O)/C1=C/c1cccn1-c1ccccc1. The zero-order valence-corrected chi connectivity index (χ0v) is 14.1. The second-order valence-corrected chi connectivity index (χ2v) is 5.80. The number of amides is 4. The molecule has 0 unspecified atom stereocenters. The van der Waals surface area contributed by atoms with E-state index in [0.717, 1.165) is 10.6 Å². The number of nitrogens with zero attached hydrogens (tertiary/aromatic N) is 3. The maximum atomic E-state index is 12.9. The molecule has 4 amide bonds. The van der Waals surface area contributed by atoms with Gasteiger partial charge in [-0.2, -0.15) is 0 Å². The van der Waals surface area contributed by atoms with Crippen LogP contribution < -0.4 is 10.2 Å². The zero-order chi connectivity index (χ0) is 18.8. The summed E-state index contributed by atoms with van der Waals surface area (Å²) in [6.45, 7) is 0. The van der Waals surface area contributed by atoms with Gasteiger partial charge in [0.15, 0.2) is 0 Å². The minimum atomic E-state index is -0.785. The Kier molecular flexibility index (Phi) is 4.10. The van der Waals surface area contributed by atoms with Crippen molar-refractivity contribution in [3.8, 4) is 5.69 Å². The van der Waals surface area contributed by atoms with Gasteiger partial charge in [0.2, 0.25) is 0 Å². The summed E-state index contributed by atoms with van der Waals surface area (Å²) in [7, 11) is 0. The lowest BCUT2D eigenvalue weighted by atomic mass is 10.1. The van der Waals surface area contributed by atoms with Crippen molar-refractivity contribution in [2.24, 2.45) is 0 Å². The predicted octanol–water partition coefficient (Wildman–Crippen LogP) is 2.54. The van der Waals surface area contributed by atoms with E-state index in [9.17, 15) is 14.4 Å². The molecule has 0 aliphatic carbocycles. The average molecular weight is 358 g/mol. The molecule has 0 spiro atoms. The first-order valence-corrected chi connectivity index (χ1v) is 8.19. The Morgan fingerprint density at radius 2 is 1.59 bits per heavy atom. The van der Waals surface area contributed by atoms with E-state index in [0.29, 0.717) is 11.4 Å². The molecule has 132 valence electrons. The van der Waals surface area contributed by atoms with Gasteiger partial charge in [0.25, 0.3) is 11.8 Å². The number of hydrogen-bond donors (Lipinski definition) is 1. The summed E-state index contributed by atoms with van der Waals surface area (Å²) in [5.41, 5.74) is 1.75. The van der Waals surface area contributed by atoms with Crippen LogP contribution in [0.15, 0.2) is 78.8 Å². The van der Waals surface area contributed by atoms with Crippen LogP contribution in [0.2, 0.25) is 0 Å². The van der Waals surface area contributed by atoms with E-state index in [1.807, 2.05) is 47.2 Å². The molecule has 2 aromatic heterocycles. The molecule has 1 aromatic carbocycles. The van der Waals surface area contributed by atoms with Crippen LogP contribution in [0.4, 0.5) is 10.5 Å². The molecular weight excluding hydrogens is 344 g/mol. The lowest BCUT2D eigenvalue weighted by Gasteiger charge is -2.26. The van der Waals surface area contributed by atoms with Gasteiger partial charge in [-0.25, -0.2) is 9.69 Å². The number of hydrogen-bond acceptors (Lipinski definition) is 4. The first kappa shape index (κ1) is 16.5. The normalized spacial score (nSPS) is 15.9. The van der Waals surface area contributed by atoms with Crippen molar-refractivity contribution in [2.75, 3.05) is 4.90 Å². The third kappa shape index (κ3) is 3.02. The summed E-state index contributed by atoms with van der Waals surface area (Å²) in [5, 5.41) is 2.21. The number of carbonyl (C=O) groups is 3. The number of anilines is 1. The number of imide groups is 2. The molecule has 0 saturated carbocycles. The largest absolute Gasteiger partial charge is 0.335 e. The number of aromatic nitrogens is 2. The molecule has 0 radical (unpaired) electrons. The molecule has 1 fully saturated rings. The number of urea groups is 1. The molecule has 3 aromatic rings. The van der Waals surface area contributed by atoms with Gasteiger partial charge in [0, 0.05) is 30.0 Å². The number of para-hydroxylation sites is 1. The molecule has 4 rings (SSSR count). The van der Waals surface area contributed by atoms with Crippen molar-refractivity contribution in [3.05, 3.63) is 84.5 Å². The van der Waals surface area contributed by atoms with Crippen molar-refractivity contribution in [1.82, 2.24) is 14.9 Å². The van der Waals surface area contributed by atoms with Gasteiger partial charge < -0.3 is 4.57 Å². The van der Waals surface area contributed by atoms with E-state index in [-0.39, 0.29) is 5.57 Å². The summed E-state index contributed by atoms with van der Waals surface area (Å²) >= 11 is 0. The Morgan fingerprint density at radius 3 is 2.33 bits per heavy atom. The van der Waals surface area contributed by atoms with Crippen LogP contribution >= 0.6 is 0 Å². The topological polar surface area (TPSA) is 84.3 Å². The molecule has 3 heterocycles. The van der Waals surface area contributed by atoms with Gasteiger partial charge in [-0.05, 0) is 42.5 Å². The fourth-order valence-electron chi connectivity index (χ4n) is 2.87. The Balaban J connectivity index is 1.75. The summed E-state index contributed by atoms with van der Waals surface area (Å²) in [6, 6.07) is 15.4. The molecular formula is C20H14N4O3. The summed E-state index contributed by atoms with van der Waals surface area (Å²) in [6.07, 6.45) is 6.25. The van der Waals surface area contributed by atoms with Crippen LogP contribution in [0.25, 0.3) is 11.8 Å². The Morgan fingerprint density at radius 1 is 0.852 bits per heavy atom. The van der Waals surface area contributed by atoms with Gasteiger partial charge in [-0.1, -0.05) is 18.2 Å². The molecule has 0 bridgehead atoms. The Hall–Kier alpha value is -4.00. The standard InChI is InChI=1S/C20H14N4O3/c25-18-17(13-16-7-4-12-23(16)14-5-2-1-3-6-14)19(26)24(20(27)22-18)15-8-10-21-11-9-15/h1-13H,(H,22,25,27)/b17-13+. The second kappa shape index (κ2) is 6.72. The Labute approximate surface area is 154 Å². The van der Waals surface area contributed by atoms with Crippen LogP contribution in [0.5, 0.6) is 0 Å². The van der Waals surface area contributed by atoms with Gasteiger partial charge in [-0.3, -0.25) is 19.9 Å². The number of rotatable bonds is 3. The van der Waals surface area contributed by atoms with E-state index in [1.54, 1.807) is 6.07 Å². The summed E-state index contributed by atoms with van der Waals surface area (Å²) in [5.74, 6) is -1.41. The molecule has 1 aliphatic rings. The van der Waals surface area contributed by atoms with Gasteiger partial charge >= 0.3 is 6.03 Å². The van der Waals surface area contributed by atoms with Crippen molar-refractivity contribution in [1.29, 1.82) is 0 Å². The molecule has 1 saturated heterocycles. The van der Waals surface area contributed by atoms with Crippen molar-refractivity contribution >= 4 is 29.6 Å². The van der Waals surface area contributed by atoms with Crippen LogP contribution in [-0.2, 0) is 9.59 Å². The summed E-state index contributed by atoms with van der Waals surface area (Å²) < 4.78 is 1.85. The number of nitrogens with one attached hydrogen (secondary N) is 1. The highest BCUT2D eigenvalue weighted by molar-refractivity contribution is 6.39. The smallest absolute Gasteiger partial charge is 0.317 e. The number of benzene rings is 1. The average Bonchev–Trinajstić information content (AvgIpc) is 3.15. The number of barbiturate groups is 1. The second-order valence-electron chi connectivity index (χ2n) is 5.80. The molecule has 0 atom stereocenters. The molecule has 1 N–H and O–H groups in total. The van der Waals surface area contributed by atoms with E-state index in [1.165, 1.54) is 30.6 Å². The monoisotopic (exact) mass is 358 g/mol. The number of pyridine rings is 1. The third-order valence-electron chi connectivity index (χ3n) is 4.13. The molecule has 7 heteroatoms. The van der Waals surface area contributed by atoms with Crippen LogP contribution in [0.3, 0.4) is 0 Å². The minimum Gasteiger partial charge on any atom is -0.317 e. The zero-order valence-electron chi connectivity index (χ0n) is 14.1. The Bertz CT molecular complexity index is 1060. The van der Waals surface area contributed by atoms with E-state index in [4.69, 9.17) is 0 Å². The fourth-order valence-corrected chi connectivity index (χ4v) is 2.87. The van der Waals surface area contributed by atoms with Crippen molar-refractivity contribution in [3.63, 3.8) is 0 Å². The molecule has 27 heavy (non-hydrogen) atoms. The minimum absolute atomic E-state index is 0.123. The predicted molar refractivity (Wildman–Crippen MR) is 99.0 cm³/mol. The lowest BCUT2D eigenvalue weighted by molar-refractivity contribution is -0.122. The van der Waals surface area contributed by atoms with Crippen molar-refractivity contribution < 1.29 is 14.4 Å². The van der Waals surface area contributed by atoms with Gasteiger partial charge in [-0.15, -0.1) is 0 Å². The highest BCUT2D eigenvalue weighted by Gasteiger charge is 2.36. The first-order valence-electron chi connectivity index (χ1n) is 8.19. The highest BCUT2D eigenvalue weighted by atomic mass is 16.2.